The van der Waals surface area contributed by atoms with Crippen molar-refractivity contribution in [1.29, 1.82) is 0 Å². The summed E-state index contributed by atoms with van der Waals surface area (Å²) in [6.07, 6.45) is 5.56. The second-order valence-corrected chi connectivity index (χ2v) is 7.59. The Morgan fingerprint density at radius 1 is 1.17 bits per heavy atom. The van der Waals surface area contributed by atoms with Crippen molar-refractivity contribution in [3.05, 3.63) is 0 Å². The molecule has 1 atom stereocenters. The van der Waals surface area contributed by atoms with Gasteiger partial charge < -0.3 is 10.6 Å². The second kappa shape index (κ2) is 6.02. The molecule has 0 aromatic carbocycles. The van der Waals surface area contributed by atoms with Crippen LogP contribution in [0.25, 0.3) is 0 Å². The van der Waals surface area contributed by atoms with Gasteiger partial charge in [0.2, 0.25) is 5.91 Å². The van der Waals surface area contributed by atoms with Gasteiger partial charge in [-0.2, -0.15) is 0 Å². The minimum absolute atomic E-state index is 0.284. The molecule has 2 aliphatic rings. The van der Waals surface area contributed by atoms with E-state index in [0.717, 1.165) is 45.1 Å². The Morgan fingerprint density at radius 3 is 2.50 bits per heavy atom. The Hall–Kier alpha value is -0.620. The minimum atomic E-state index is -3.24. The topological polar surface area (TPSA) is 75.3 Å². The zero-order valence-corrected chi connectivity index (χ0v) is 11.5. The largest absolute Gasteiger partial charge is 0.354 e. The molecule has 0 bridgehead atoms. The summed E-state index contributed by atoms with van der Waals surface area (Å²) in [6.45, 7) is 1.53. The highest BCUT2D eigenvalue weighted by Gasteiger charge is 2.30. The van der Waals surface area contributed by atoms with Crippen LogP contribution in [-0.2, 0) is 14.6 Å². The van der Waals surface area contributed by atoms with Crippen LogP contribution < -0.4 is 10.6 Å². The summed E-state index contributed by atoms with van der Waals surface area (Å²) in [5, 5.41) is 5.70. The summed E-state index contributed by atoms with van der Waals surface area (Å²) >= 11 is 0. The Labute approximate surface area is 109 Å². The number of amides is 1. The molecule has 2 rings (SSSR count). The van der Waals surface area contributed by atoms with E-state index < -0.39 is 9.84 Å². The lowest BCUT2D eigenvalue weighted by atomic mass is 10.2. The van der Waals surface area contributed by atoms with Gasteiger partial charge >= 0.3 is 0 Å². The third-order valence-electron chi connectivity index (χ3n) is 3.85. The molecule has 6 heteroatoms. The third-order valence-corrected chi connectivity index (χ3v) is 6.00. The molecule has 0 aromatic rings. The van der Waals surface area contributed by atoms with Gasteiger partial charge in [0.25, 0.3) is 0 Å². The lowest BCUT2D eigenvalue weighted by molar-refractivity contribution is -0.118. The van der Waals surface area contributed by atoms with Gasteiger partial charge in [-0.1, -0.05) is 12.8 Å². The van der Waals surface area contributed by atoms with Gasteiger partial charge in [-0.25, -0.2) is 8.42 Å². The van der Waals surface area contributed by atoms with Gasteiger partial charge in [-0.15, -0.1) is 0 Å². The molecule has 1 amide bonds. The first-order valence-electron chi connectivity index (χ1n) is 6.79. The molecule has 18 heavy (non-hydrogen) atoms. The molecule has 1 aliphatic carbocycles. The highest BCUT2D eigenvalue weighted by Crippen LogP contribution is 2.25. The fourth-order valence-electron chi connectivity index (χ4n) is 2.77. The summed E-state index contributed by atoms with van der Waals surface area (Å²) in [7, 11) is -3.24. The lowest BCUT2D eigenvalue weighted by Gasteiger charge is -2.13. The molecule has 0 aromatic heterocycles. The highest BCUT2D eigenvalue weighted by atomic mass is 32.2. The first-order valence-corrected chi connectivity index (χ1v) is 8.51. The van der Waals surface area contributed by atoms with E-state index in [4.69, 9.17) is 0 Å². The van der Waals surface area contributed by atoms with Crippen molar-refractivity contribution in [3.63, 3.8) is 0 Å². The maximum Gasteiger partial charge on any atom is 0.235 e. The molecule has 0 radical (unpaired) electrons. The van der Waals surface area contributed by atoms with E-state index in [1.54, 1.807) is 0 Å². The second-order valence-electron chi connectivity index (χ2n) is 5.31. The van der Waals surface area contributed by atoms with Crippen molar-refractivity contribution in [1.82, 2.24) is 10.6 Å². The number of carbonyl (C=O) groups is 1. The quantitative estimate of drug-likeness (QED) is 0.751. The van der Waals surface area contributed by atoms with Gasteiger partial charge in [0.15, 0.2) is 9.84 Å². The molecular weight excluding hydrogens is 252 g/mol. The first-order chi connectivity index (χ1) is 8.58. The maximum absolute atomic E-state index is 12.0. The van der Waals surface area contributed by atoms with E-state index >= 15 is 0 Å². The average molecular weight is 274 g/mol. The van der Waals surface area contributed by atoms with E-state index in [1.807, 2.05) is 0 Å². The van der Waals surface area contributed by atoms with Crippen molar-refractivity contribution < 1.29 is 13.2 Å². The van der Waals surface area contributed by atoms with Crippen molar-refractivity contribution in [2.24, 2.45) is 0 Å². The van der Waals surface area contributed by atoms with Crippen molar-refractivity contribution >= 4 is 15.7 Å². The predicted molar refractivity (Wildman–Crippen MR) is 70.1 cm³/mol. The molecule has 1 saturated heterocycles. The fraction of sp³-hybridized carbons (Fsp3) is 0.917. The van der Waals surface area contributed by atoms with E-state index in [-0.39, 0.29) is 16.9 Å². The van der Waals surface area contributed by atoms with Crippen LogP contribution in [0.1, 0.15) is 38.5 Å². The fourth-order valence-corrected chi connectivity index (χ4v) is 4.52. The van der Waals surface area contributed by atoms with Gasteiger partial charge in [-0.05, 0) is 32.2 Å². The van der Waals surface area contributed by atoms with Crippen LogP contribution in [0.5, 0.6) is 0 Å². The number of nitrogens with one attached hydrogen (secondary N) is 2. The van der Waals surface area contributed by atoms with E-state index in [0.29, 0.717) is 12.6 Å². The van der Waals surface area contributed by atoms with Gasteiger partial charge in [0.05, 0.1) is 5.25 Å². The number of rotatable bonds is 5. The van der Waals surface area contributed by atoms with Gasteiger partial charge in [-0.3, -0.25) is 4.79 Å². The zero-order valence-electron chi connectivity index (χ0n) is 10.7. The third kappa shape index (κ3) is 3.68. The minimum Gasteiger partial charge on any atom is -0.354 e. The molecule has 1 saturated carbocycles. The van der Waals surface area contributed by atoms with Crippen LogP contribution in [-0.4, -0.2) is 44.5 Å². The molecule has 2 fully saturated rings. The maximum atomic E-state index is 12.0. The molecule has 0 spiro atoms. The van der Waals surface area contributed by atoms with Gasteiger partial charge in [0, 0.05) is 12.6 Å². The first kappa shape index (κ1) is 13.8. The monoisotopic (exact) mass is 274 g/mol. The Balaban J connectivity index is 1.75. The van der Waals surface area contributed by atoms with Crippen LogP contribution in [0, 0.1) is 0 Å². The van der Waals surface area contributed by atoms with Crippen molar-refractivity contribution in [2.75, 3.05) is 18.8 Å². The highest BCUT2D eigenvalue weighted by molar-refractivity contribution is 7.92. The SMILES string of the molecule is O=C(CS(=O)(=O)C1CCCC1)NCC1CCCN1. The van der Waals surface area contributed by atoms with Crippen molar-refractivity contribution in [2.45, 2.75) is 49.8 Å². The Kier molecular flexibility index (Phi) is 4.61. The van der Waals surface area contributed by atoms with Crippen LogP contribution >= 0.6 is 0 Å². The number of carbonyl (C=O) groups excluding carboxylic acids is 1. The predicted octanol–water partition coefficient (Wildman–Crippen LogP) is 0.212. The van der Waals surface area contributed by atoms with E-state index in [2.05, 4.69) is 10.6 Å². The lowest BCUT2D eigenvalue weighted by Crippen LogP contribution is -2.40. The Bertz CT molecular complexity index is 382. The summed E-state index contributed by atoms with van der Waals surface area (Å²) in [5.74, 6) is -0.694. The van der Waals surface area contributed by atoms with Crippen LogP contribution in [0.3, 0.4) is 0 Å². The Morgan fingerprint density at radius 2 is 1.89 bits per heavy atom. The average Bonchev–Trinajstić information content (AvgIpc) is 2.99. The molecule has 1 aliphatic heterocycles. The smallest absolute Gasteiger partial charge is 0.235 e. The number of hydrogen-bond donors (Lipinski definition) is 2. The standard InChI is InChI=1S/C12H22N2O3S/c15-12(14-8-10-4-3-7-13-10)9-18(16,17)11-5-1-2-6-11/h10-11,13H,1-9H2,(H,14,15). The summed E-state index contributed by atoms with van der Waals surface area (Å²) in [4.78, 5) is 11.7. The molecule has 1 heterocycles. The molecular formula is C12H22N2O3S. The van der Waals surface area contributed by atoms with E-state index in [1.165, 1.54) is 0 Å². The summed E-state index contributed by atoms with van der Waals surface area (Å²) in [6, 6.07) is 0.308. The summed E-state index contributed by atoms with van der Waals surface area (Å²) < 4.78 is 23.9. The molecule has 5 nitrogen and oxygen atoms in total. The molecule has 2 N–H and O–H groups in total. The molecule has 104 valence electrons. The normalized spacial score (nSPS) is 25.4. The number of hydrogen-bond acceptors (Lipinski definition) is 4. The van der Waals surface area contributed by atoms with Crippen LogP contribution in [0.2, 0.25) is 0 Å². The van der Waals surface area contributed by atoms with Gasteiger partial charge in [0.1, 0.15) is 5.75 Å². The van der Waals surface area contributed by atoms with Crippen molar-refractivity contribution in [3.8, 4) is 0 Å². The number of sulfone groups is 1. The molecule has 1 unspecified atom stereocenters. The van der Waals surface area contributed by atoms with Crippen LogP contribution in [0.4, 0.5) is 0 Å². The van der Waals surface area contributed by atoms with Crippen LogP contribution in [0.15, 0.2) is 0 Å². The zero-order chi connectivity index (χ0) is 13.0. The summed E-state index contributed by atoms with van der Waals surface area (Å²) in [5.41, 5.74) is 0. The van der Waals surface area contributed by atoms with E-state index in [9.17, 15) is 13.2 Å².